The Balaban J connectivity index is 1.24. The van der Waals surface area contributed by atoms with Crippen molar-refractivity contribution < 1.29 is 4.79 Å². The lowest BCUT2D eigenvalue weighted by atomic mass is 9.95. The number of thiazole rings is 1. The molecule has 0 saturated carbocycles. The number of rotatable bonds is 4. The summed E-state index contributed by atoms with van der Waals surface area (Å²) in [5.74, 6) is 1.75. The summed E-state index contributed by atoms with van der Waals surface area (Å²) in [6, 6.07) is 0. The van der Waals surface area contributed by atoms with Crippen LogP contribution in [0.2, 0.25) is 0 Å². The van der Waals surface area contributed by atoms with Gasteiger partial charge in [0.05, 0.1) is 17.5 Å². The number of aryl methyl sites for hydroxylation is 2. The Bertz CT molecular complexity index is 1010. The van der Waals surface area contributed by atoms with Gasteiger partial charge in [0.2, 0.25) is 5.13 Å². The summed E-state index contributed by atoms with van der Waals surface area (Å²) in [7, 11) is 0. The van der Waals surface area contributed by atoms with E-state index < -0.39 is 0 Å². The van der Waals surface area contributed by atoms with Gasteiger partial charge in [-0.1, -0.05) is 6.92 Å². The minimum atomic E-state index is 0.0621. The van der Waals surface area contributed by atoms with Crippen molar-refractivity contribution in [3.05, 3.63) is 46.7 Å². The van der Waals surface area contributed by atoms with Gasteiger partial charge >= 0.3 is 0 Å². The number of hydrogen-bond donors (Lipinski definition) is 0. The maximum atomic E-state index is 13.0. The zero-order chi connectivity index (χ0) is 19.8. The molecule has 3 aromatic heterocycles. The highest BCUT2D eigenvalue weighted by molar-refractivity contribution is 7.12. The Morgan fingerprint density at radius 1 is 1.21 bits per heavy atom. The number of imidazole rings is 1. The van der Waals surface area contributed by atoms with Gasteiger partial charge in [0.15, 0.2) is 0 Å². The third-order valence-electron chi connectivity index (χ3n) is 6.11. The summed E-state index contributed by atoms with van der Waals surface area (Å²) in [5, 5.41) is 7.21. The Kier molecular flexibility index (Phi) is 4.95. The van der Waals surface area contributed by atoms with Crippen molar-refractivity contribution in [2.45, 2.75) is 57.9 Å². The Labute approximate surface area is 174 Å². The summed E-state index contributed by atoms with van der Waals surface area (Å²) in [6.45, 7) is 4.72. The van der Waals surface area contributed by atoms with Crippen LogP contribution in [-0.2, 0) is 19.4 Å². The molecule has 0 N–H and O–H groups in total. The largest absolute Gasteiger partial charge is 0.339 e. The van der Waals surface area contributed by atoms with Crippen LogP contribution < -0.4 is 0 Å². The minimum absolute atomic E-state index is 0.0621. The molecule has 1 amide bonds. The highest BCUT2D eigenvalue weighted by Crippen LogP contribution is 2.30. The number of nitrogens with zero attached hydrogens (tertiary/aromatic N) is 6. The number of aromatic nitrogens is 5. The number of amides is 1. The molecule has 8 heteroatoms. The molecule has 0 aromatic carbocycles. The number of likely N-dealkylation sites (tertiary alicyclic amines) is 1. The van der Waals surface area contributed by atoms with E-state index in [-0.39, 0.29) is 5.91 Å². The van der Waals surface area contributed by atoms with Crippen LogP contribution in [0, 0.1) is 0 Å². The highest BCUT2D eigenvalue weighted by atomic mass is 32.1. The first-order valence-corrected chi connectivity index (χ1v) is 11.4. The van der Waals surface area contributed by atoms with Crippen molar-refractivity contribution in [3.8, 4) is 5.13 Å². The average Bonchev–Trinajstić information content (AvgIpc) is 3.52. The van der Waals surface area contributed by atoms with E-state index in [0.29, 0.717) is 11.5 Å². The number of hydrogen-bond acceptors (Lipinski definition) is 5. The fraction of sp³-hybridized carbons (Fsp3) is 0.524. The fourth-order valence-corrected chi connectivity index (χ4v) is 5.25. The summed E-state index contributed by atoms with van der Waals surface area (Å²) in [6.07, 6.45) is 12.0. The zero-order valence-electron chi connectivity index (χ0n) is 16.8. The number of carbonyl (C=O) groups excluding carboxylic acids is 1. The molecule has 1 fully saturated rings. The standard InChI is InChI=1S/C21H26N6OS/c1-2-17-14-29-21(24-17)27-13-16(11-23-27)20(28)25-9-6-15(7-10-25)19-22-12-18-5-3-4-8-26(18)19/h11-15H,2-10H2,1H3. The predicted octanol–water partition coefficient (Wildman–Crippen LogP) is 3.44. The fourth-order valence-electron chi connectivity index (χ4n) is 4.41. The molecule has 5 rings (SSSR count). The van der Waals surface area contributed by atoms with Crippen LogP contribution in [0.25, 0.3) is 5.13 Å². The van der Waals surface area contributed by atoms with Gasteiger partial charge in [0, 0.05) is 49.0 Å². The quantitative estimate of drug-likeness (QED) is 0.661. The first kappa shape index (κ1) is 18.5. The molecule has 152 valence electrons. The minimum Gasteiger partial charge on any atom is -0.339 e. The maximum Gasteiger partial charge on any atom is 0.257 e. The summed E-state index contributed by atoms with van der Waals surface area (Å²) >= 11 is 1.55. The van der Waals surface area contributed by atoms with E-state index in [1.807, 2.05) is 10.3 Å². The molecule has 1 saturated heterocycles. The molecular formula is C21H26N6OS. The van der Waals surface area contributed by atoms with Crippen molar-refractivity contribution in [1.82, 2.24) is 29.2 Å². The van der Waals surface area contributed by atoms with Crippen molar-refractivity contribution in [1.29, 1.82) is 0 Å². The SMILES string of the molecule is CCc1csc(-n2cc(C(=O)N3CCC(c4ncc5n4CCCC5)CC3)cn2)n1. The van der Waals surface area contributed by atoms with E-state index in [1.165, 1.54) is 24.4 Å². The van der Waals surface area contributed by atoms with E-state index >= 15 is 0 Å². The molecule has 0 radical (unpaired) electrons. The van der Waals surface area contributed by atoms with Crippen molar-refractivity contribution >= 4 is 17.2 Å². The Hall–Kier alpha value is -2.48. The molecular weight excluding hydrogens is 384 g/mol. The van der Waals surface area contributed by atoms with Crippen LogP contribution in [0.4, 0.5) is 0 Å². The van der Waals surface area contributed by atoms with Crippen molar-refractivity contribution in [2.75, 3.05) is 13.1 Å². The van der Waals surface area contributed by atoms with Crippen LogP contribution in [0.5, 0.6) is 0 Å². The molecule has 7 nitrogen and oxygen atoms in total. The maximum absolute atomic E-state index is 13.0. The van der Waals surface area contributed by atoms with Crippen molar-refractivity contribution in [2.24, 2.45) is 0 Å². The van der Waals surface area contributed by atoms with Gasteiger partial charge in [0.25, 0.3) is 5.91 Å². The van der Waals surface area contributed by atoms with E-state index in [9.17, 15) is 4.79 Å². The average molecular weight is 411 g/mol. The predicted molar refractivity (Wildman–Crippen MR) is 112 cm³/mol. The lowest BCUT2D eigenvalue weighted by Crippen LogP contribution is -2.38. The first-order chi connectivity index (χ1) is 14.2. The van der Waals surface area contributed by atoms with Gasteiger partial charge in [0.1, 0.15) is 5.82 Å². The third-order valence-corrected chi connectivity index (χ3v) is 6.99. The summed E-state index contributed by atoms with van der Waals surface area (Å²) < 4.78 is 4.13. The first-order valence-electron chi connectivity index (χ1n) is 10.6. The van der Waals surface area contributed by atoms with Crippen molar-refractivity contribution in [3.63, 3.8) is 0 Å². The Morgan fingerprint density at radius 2 is 2.07 bits per heavy atom. The van der Waals surface area contributed by atoms with Gasteiger partial charge in [-0.3, -0.25) is 4.79 Å². The number of fused-ring (bicyclic) bond motifs is 1. The normalized spacial score (nSPS) is 17.5. The van der Waals surface area contributed by atoms with Crippen LogP contribution >= 0.6 is 11.3 Å². The number of carbonyl (C=O) groups is 1. The van der Waals surface area contributed by atoms with E-state index in [4.69, 9.17) is 4.98 Å². The van der Waals surface area contributed by atoms with Gasteiger partial charge in [-0.05, 0) is 38.5 Å². The monoisotopic (exact) mass is 410 g/mol. The van der Waals surface area contributed by atoms with Crippen LogP contribution in [0.3, 0.4) is 0 Å². The molecule has 29 heavy (non-hydrogen) atoms. The molecule has 0 atom stereocenters. The molecule has 3 aromatic rings. The molecule has 0 bridgehead atoms. The second kappa shape index (κ2) is 7.74. The van der Waals surface area contributed by atoms with E-state index in [1.54, 1.807) is 28.4 Å². The van der Waals surface area contributed by atoms with Gasteiger partial charge in [-0.25, -0.2) is 14.6 Å². The lowest BCUT2D eigenvalue weighted by Gasteiger charge is -2.32. The third kappa shape index (κ3) is 3.50. The second-order valence-corrected chi connectivity index (χ2v) is 8.77. The van der Waals surface area contributed by atoms with E-state index in [2.05, 4.69) is 27.8 Å². The smallest absolute Gasteiger partial charge is 0.257 e. The summed E-state index contributed by atoms with van der Waals surface area (Å²) in [4.78, 5) is 24.2. The summed E-state index contributed by atoms with van der Waals surface area (Å²) in [5.41, 5.74) is 3.07. The molecule has 0 unspecified atom stereocenters. The van der Waals surface area contributed by atoms with Gasteiger partial charge in [-0.15, -0.1) is 11.3 Å². The van der Waals surface area contributed by atoms with Gasteiger partial charge in [-0.2, -0.15) is 5.10 Å². The molecule has 5 heterocycles. The number of piperidine rings is 1. The highest BCUT2D eigenvalue weighted by Gasteiger charge is 2.29. The second-order valence-electron chi connectivity index (χ2n) is 7.93. The van der Waals surface area contributed by atoms with E-state index in [0.717, 1.165) is 56.1 Å². The molecule has 2 aliphatic rings. The molecule has 2 aliphatic heterocycles. The topological polar surface area (TPSA) is 68.8 Å². The zero-order valence-corrected chi connectivity index (χ0v) is 17.6. The van der Waals surface area contributed by atoms with Crippen LogP contribution in [-0.4, -0.2) is 48.2 Å². The Morgan fingerprint density at radius 3 is 2.86 bits per heavy atom. The lowest BCUT2D eigenvalue weighted by molar-refractivity contribution is 0.0710. The molecule has 0 spiro atoms. The van der Waals surface area contributed by atoms with Crippen LogP contribution in [0.1, 0.15) is 66.1 Å². The molecule has 0 aliphatic carbocycles. The van der Waals surface area contributed by atoms with Crippen LogP contribution in [0.15, 0.2) is 24.0 Å². The van der Waals surface area contributed by atoms with Gasteiger partial charge < -0.3 is 9.47 Å².